The summed E-state index contributed by atoms with van der Waals surface area (Å²) in [5.74, 6) is 2.64. The van der Waals surface area contributed by atoms with Crippen LogP contribution in [0.5, 0.6) is 5.75 Å². The Balaban J connectivity index is 0.00000385. The maximum Gasteiger partial charge on any atom is 0.191 e. The monoisotopic (exact) mass is 573 g/mol. The molecular formula is C25H44IN5O2. The first-order valence-electron chi connectivity index (χ1n) is 12.4. The quantitative estimate of drug-likeness (QED) is 0.255. The van der Waals surface area contributed by atoms with E-state index in [1.54, 1.807) is 7.11 Å². The Morgan fingerprint density at radius 3 is 2.39 bits per heavy atom. The van der Waals surface area contributed by atoms with Gasteiger partial charge in [0.2, 0.25) is 0 Å². The van der Waals surface area contributed by atoms with Crippen molar-refractivity contribution in [3.63, 3.8) is 0 Å². The fourth-order valence-electron chi connectivity index (χ4n) is 4.65. The topological polar surface area (TPSA) is 61.4 Å². The lowest BCUT2D eigenvalue weighted by molar-refractivity contribution is 0.0179. The van der Waals surface area contributed by atoms with E-state index in [9.17, 15) is 0 Å². The van der Waals surface area contributed by atoms with Crippen LogP contribution in [0.1, 0.15) is 44.7 Å². The second-order valence-corrected chi connectivity index (χ2v) is 8.75. The predicted octanol–water partition coefficient (Wildman–Crippen LogP) is 3.36. The minimum absolute atomic E-state index is 0. The molecule has 0 saturated carbocycles. The Hall–Kier alpha value is -1.10. The molecule has 1 atom stereocenters. The normalized spacial score (nSPS) is 19.5. The molecule has 2 aliphatic heterocycles. The zero-order valence-electron chi connectivity index (χ0n) is 20.7. The molecule has 1 aromatic carbocycles. The second kappa shape index (κ2) is 15.7. The van der Waals surface area contributed by atoms with E-state index < -0.39 is 0 Å². The van der Waals surface area contributed by atoms with Gasteiger partial charge >= 0.3 is 0 Å². The second-order valence-electron chi connectivity index (χ2n) is 8.75. The third-order valence-corrected chi connectivity index (χ3v) is 6.75. The van der Waals surface area contributed by atoms with E-state index in [2.05, 4.69) is 46.4 Å². The summed E-state index contributed by atoms with van der Waals surface area (Å²) in [7, 11) is 1.71. The average Bonchev–Trinajstić information content (AvgIpc) is 2.85. The molecule has 0 spiro atoms. The van der Waals surface area contributed by atoms with Gasteiger partial charge in [0.1, 0.15) is 5.75 Å². The number of nitrogens with zero attached hydrogens (tertiary/aromatic N) is 3. The van der Waals surface area contributed by atoms with Gasteiger partial charge in [0.25, 0.3) is 0 Å². The summed E-state index contributed by atoms with van der Waals surface area (Å²) in [4.78, 5) is 10.0. The van der Waals surface area contributed by atoms with Crippen LogP contribution in [0.25, 0.3) is 0 Å². The SMILES string of the molecule is CCNC(=NCC(c1ccc(OC)cc1)N1CCOCC1)NCCC1CCN(CC)CC1.I. The fraction of sp³-hybridized carbons (Fsp3) is 0.720. The van der Waals surface area contributed by atoms with E-state index in [4.69, 9.17) is 14.5 Å². The highest BCUT2D eigenvalue weighted by Crippen LogP contribution is 2.24. The van der Waals surface area contributed by atoms with Crippen LogP contribution in [0.3, 0.4) is 0 Å². The first kappa shape index (κ1) is 28.1. The van der Waals surface area contributed by atoms with E-state index in [-0.39, 0.29) is 30.0 Å². The van der Waals surface area contributed by atoms with Crippen molar-refractivity contribution in [3.05, 3.63) is 29.8 Å². The zero-order valence-corrected chi connectivity index (χ0v) is 23.1. The number of morpholine rings is 1. The molecule has 2 saturated heterocycles. The number of halogens is 1. The molecule has 2 heterocycles. The van der Waals surface area contributed by atoms with Crippen LogP contribution < -0.4 is 15.4 Å². The van der Waals surface area contributed by atoms with Crippen LogP contribution >= 0.6 is 24.0 Å². The minimum Gasteiger partial charge on any atom is -0.497 e. The van der Waals surface area contributed by atoms with E-state index in [1.807, 2.05) is 12.1 Å². The van der Waals surface area contributed by atoms with Gasteiger partial charge in [0, 0.05) is 26.2 Å². The van der Waals surface area contributed by atoms with Crippen LogP contribution in [0.2, 0.25) is 0 Å². The molecule has 0 aliphatic carbocycles. The summed E-state index contributed by atoms with van der Waals surface area (Å²) in [5, 5.41) is 7.02. The molecule has 7 nitrogen and oxygen atoms in total. The number of hydrogen-bond acceptors (Lipinski definition) is 5. The van der Waals surface area contributed by atoms with Gasteiger partial charge in [-0.25, -0.2) is 0 Å². The number of guanidine groups is 1. The maximum atomic E-state index is 5.59. The minimum atomic E-state index is 0. The Kier molecular flexibility index (Phi) is 13.4. The average molecular weight is 574 g/mol. The molecule has 2 N–H and O–H groups in total. The lowest BCUT2D eigenvalue weighted by Gasteiger charge is -2.34. The van der Waals surface area contributed by atoms with Crippen LogP contribution in [0.15, 0.2) is 29.3 Å². The third kappa shape index (κ3) is 9.22. The number of methoxy groups -OCH3 is 1. The van der Waals surface area contributed by atoms with Gasteiger partial charge in [-0.3, -0.25) is 9.89 Å². The third-order valence-electron chi connectivity index (χ3n) is 6.75. The number of piperidine rings is 1. The van der Waals surface area contributed by atoms with Gasteiger partial charge < -0.3 is 25.0 Å². The number of aliphatic imine (C=N–C) groups is 1. The van der Waals surface area contributed by atoms with E-state index in [1.165, 1.54) is 44.5 Å². The molecule has 8 heteroatoms. The Morgan fingerprint density at radius 1 is 1.09 bits per heavy atom. The molecule has 0 aromatic heterocycles. The number of benzene rings is 1. The number of rotatable bonds is 10. The largest absolute Gasteiger partial charge is 0.497 e. The van der Waals surface area contributed by atoms with Gasteiger partial charge in [0.05, 0.1) is 32.9 Å². The van der Waals surface area contributed by atoms with Crippen molar-refractivity contribution in [2.75, 3.05) is 72.7 Å². The summed E-state index contributed by atoms with van der Waals surface area (Å²) < 4.78 is 10.9. The van der Waals surface area contributed by atoms with Crippen molar-refractivity contribution in [1.82, 2.24) is 20.4 Å². The van der Waals surface area contributed by atoms with Gasteiger partial charge in [-0.2, -0.15) is 0 Å². The van der Waals surface area contributed by atoms with Crippen LogP contribution in [-0.2, 0) is 4.74 Å². The highest BCUT2D eigenvalue weighted by molar-refractivity contribution is 14.0. The number of nitrogens with one attached hydrogen (secondary N) is 2. The summed E-state index contributed by atoms with van der Waals surface area (Å²) >= 11 is 0. The molecule has 0 radical (unpaired) electrons. The van der Waals surface area contributed by atoms with Gasteiger partial charge in [-0.1, -0.05) is 19.1 Å². The molecule has 33 heavy (non-hydrogen) atoms. The summed E-state index contributed by atoms with van der Waals surface area (Å²) in [5.41, 5.74) is 1.27. The van der Waals surface area contributed by atoms with E-state index in [0.717, 1.165) is 63.6 Å². The summed E-state index contributed by atoms with van der Waals surface area (Å²) in [6, 6.07) is 8.65. The van der Waals surface area contributed by atoms with Gasteiger partial charge in [-0.05, 0) is 69.4 Å². The number of ether oxygens (including phenoxy) is 2. The Bertz CT molecular complexity index is 674. The molecular weight excluding hydrogens is 529 g/mol. The van der Waals surface area contributed by atoms with Crippen molar-refractivity contribution in [2.45, 2.75) is 39.2 Å². The molecule has 2 aliphatic rings. The van der Waals surface area contributed by atoms with Crippen molar-refractivity contribution in [2.24, 2.45) is 10.9 Å². The first-order chi connectivity index (χ1) is 15.7. The van der Waals surface area contributed by atoms with Crippen molar-refractivity contribution >= 4 is 29.9 Å². The molecule has 1 aromatic rings. The van der Waals surface area contributed by atoms with Crippen molar-refractivity contribution in [1.29, 1.82) is 0 Å². The molecule has 0 bridgehead atoms. The van der Waals surface area contributed by atoms with Crippen LogP contribution in [-0.4, -0.2) is 88.4 Å². The standard InChI is InChI=1S/C25H43N5O2.HI/c1-4-26-25(27-13-10-21-11-14-29(5-2)15-12-21)28-20-24(30-16-18-32-19-17-30)22-6-8-23(31-3)9-7-22;/h6-9,21,24H,4-5,10-20H2,1-3H3,(H2,26,27,28);1H. The highest BCUT2D eigenvalue weighted by Gasteiger charge is 2.23. The number of hydrogen-bond donors (Lipinski definition) is 2. The van der Waals surface area contributed by atoms with Crippen LogP contribution in [0, 0.1) is 5.92 Å². The fourth-order valence-corrected chi connectivity index (χ4v) is 4.65. The van der Waals surface area contributed by atoms with Crippen molar-refractivity contribution < 1.29 is 9.47 Å². The Morgan fingerprint density at radius 2 is 1.79 bits per heavy atom. The number of likely N-dealkylation sites (tertiary alicyclic amines) is 1. The molecule has 1 unspecified atom stereocenters. The van der Waals surface area contributed by atoms with Crippen molar-refractivity contribution in [3.8, 4) is 5.75 Å². The summed E-state index contributed by atoms with van der Waals surface area (Å²) in [6.07, 6.45) is 3.85. The maximum absolute atomic E-state index is 5.59. The molecule has 3 rings (SSSR count). The highest BCUT2D eigenvalue weighted by atomic mass is 127. The smallest absolute Gasteiger partial charge is 0.191 e. The van der Waals surface area contributed by atoms with Gasteiger partial charge in [-0.15, -0.1) is 24.0 Å². The lowest BCUT2D eigenvalue weighted by atomic mass is 9.93. The molecule has 188 valence electrons. The van der Waals surface area contributed by atoms with E-state index >= 15 is 0 Å². The zero-order chi connectivity index (χ0) is 22.6. The summed E-state index contributed by atoms with van der Waals surface area (Å²) in [6.45, 7) is 14.1. The molecule has 2 fully saturated rings. The molecule has 0 amide bonds. The first-order valence-corrected chi connectivity index (χ1v) is 12.4. The Labute approximate surface area is 217 Å². The van der Waals surface area contributed by atoms with Crippen LogP contribution in [0.4, 0.5) is 0 Å². The van der Waals surface area contributed by atoms with Gasteiger partial charge in [0.15, 0.2) is 5.96 Å². The predicted molar refractivity (Wildman–Crippen MR) is 147 cm³/mol. The van der Waals surface area contributed by atoms with E-state index in [0.29, 0.717) is 0 Å². The lowest BCUT2D eigenvalue weighted by Crippen LogP contribution is -2.42.